The molecule has 2 N–H and O–H groups in total. The van der Waals surface area contributed by atoms with E-state index in [-0.39, 0.29) is 16.8 Å². The van der Waals surface area contributed by atoms with Crippen molar-refractivity contribution in [2.75, 3.05) is 6.54 Å². The Hall–Kier alpha value is -1.40. The summed E-state index contributed by atoms with van der Waals surface area (Å²) < 4.78 is 27.3. The number of sulfonamides is 1. The summed E-state index contributed by atoms with van der Waals surface area (Å²) in [5.74, 6) is 0.608. The lowest BCUT2D eigenvalue weighted by atomic mass is 10.0. The first-order chi connectivity index (χ1) is 10.4. The van der Waals surface area contributed by atoms with E-state index in [4.69, 9.17) is 0 Å². The van der Waals surface area contributed by atoms with Gasteiger partial charge in [-0.25, -0.2) is 13.1 Å². The van der Waals surface area contributed by atoms with Gasteiger partial charge in [-0.2, -0.15) is 0 Å². The van der Waals surface area contributed by atoms with Crippen molar-refractivity contribution in [1.82, 2.24) is 10.0 Å². The second-order valence-electron chi connectivity index (χ2n) is 6.24. The number of rotatable bonds is 6. The van der Waals surface area contributed by atoms with E-state index in [1.165, 1.54) is 0 Å². The molecule has 0 saturated carbocycles. The second kappa shape index (κ2) is 7.24. The summed E-state index contributed by atoms with van der Waals surface area (Å²) in [6.45, 7) is 4.70. The lowest BCUT2D eigenvalue weighted by molar-refractivity contribution is -0.122. The molecule has 5 nitrogen and oxygen atoms in total. The van der Waals surface area contributed by atoms with Crippen LogP contribution in [0.5, 0.6) is 0 Å². The summed E-state index contributed by atoms with van der Waals surface area (Å²) in [6.07, 6.45) is 2.95. The molecule has 1 amide bonds. The quantitative estimate of drug-likeness (QED) is 0.838. The molecule has 1 saturated heterocycles. The van der Waals surface area contributed by atoms with Crippen LogP contribution in [0, 0.1) is 5.92 Å². The van der Waals surface area contributed by atoms with Gasteiger partial charge in [0.15, 0.2) is 0 Å². The van der Waals surface area contributed by atoms with Crippen molar-refractivity contribution in [1.29, 1.82) is 0 Å². The van der Waals surface area contributed by atoms with Gasteiger partial charge in [0.2, 0.25) is 15.9 Å². The number of benzene rings is 1. The Labute approximate surface area is 132 Å². The zero-order chi connectivity index (χ0) is 16.2. The Bertz CT molecular complexity index is 599. The van der Waals surface area contributed by atoms with Crippen LogP contribution >= 0.6 is 0 Å². The van der Waals surface area contributed by atoms with Crippen LogP contribution in [-0.2, 0) is 21.2 Å². The van der Waals surface area contributed by atoms with Crippen LogP contribution in [0.2, 0.25) is 0 Å². The molecule has 1 fully saturated rings. The van der Waals surface area contributed by atoms with E-state index in [1.54, 1.807) is 12.1 Å². The van der Waals surface area contributed by atoms with Gasteiger partial charge in [-0.15, -0.1) is 0 Å². The monoisotopic (exact) mass is 324 g/mol. The minimum Gasteiger partial charge on any atom is -0.355 e. The number of hydrogen-bond donors (Lipinski definition) is 2. The van der Waals surface area contributed by atoms with E-state index in [1.807, 2.05) is 12.1 Å². The molecule has 122 valence electrons. The van der Waals surface area contributed by atoms with Gasteiger partial charge in [-0.05, 0) is 42.9 Å². The van der Waals surface area contributed by atoms with Crippen molar-refractivity contribution in [3.63, 3.8) is 0 Å². The molecule has 1 atom stereocenters. The third-order valence-corrected chi connectivity index (χ3v) is 5.37. The summed E-state index contributed by atoms with van der Waals surface area (Å²) in [4.78, 5) is 11.4. The lowest BCUT2D eigenvalue weighted by Gasteiger charge is -2.23. The SMILES string of the molecule is CC(C)CCc1ccc(S(=O)(=O)N[C@@H]2CCC(=O)NC2)cc1. The molecule has 2 rings (SSSR count). The maximum Gasteiger partial charge on any atom is 0.240 e. The first-order valence-electron chi connectivity index (χ1n) is 7.75. The van der Waals surface area contributed by atoms with E-state index in [0.29, 0.717) is 25.3 Å². The number of carbonyl (C=O) groups excluding carboxylic acids is 1. The molecule has 0 bridgehead atoms. The Balaban J connectivity index is 1.98. The maximum atomic E-state index is 12.3. The molecular weight excluding hydrogens is 300 g/mol. The van der Waals surface area contributed by atoms with Crippen molar-refractivity contribution in [2.24, 2.45) is 5.92 Å². The highest BCUT2D eigenvalue weighted by atomic mass is 32.2. The zero-order valence-corrected chi connectivity index (χ0v) is 13.9. The molecule has 22 heavy (non-hydrogen) atoms. The summed E-state index contributed by atoms with van der Waals surface area (Å²) in [6, 6.07) is 6.82. The van der Waals surface area contributed by atoms with Gasteiger partial charge in [0, 0.05) is 19.0 Å². The fraction of sp³-hybridized carbons (Fsp3) is 0.562. The molecule has 1 aliphatic heterocycles. The first-order valence-corrected chi connectivity index (χ1v) is 9.23. The van der Waals surface area contributed by atoms with Gasteiger partial charge in [0.25, 0.3) is 0 Å². The van der Waals surface area contributed by atoms with Crippen LogP contribution in [0.25, 0.3) is 0 Å². The van der Waals surface area contributed by atoms with E-state index in [9.17, 15) is 13.2 Å². The molecule has 1 aromatic rings. The molecule has 0 unspecified atom stereocenters. The summed E-state index contributed by atoms with van der Waals surface area (Å²) in [5, 5.41) is 2.68. The fourth-order valence-electron chi connectivity index (χ4n) is 2.41. The van der Waals surface area contributed by atoms with Crippen molar-refractivity contribution in [3.8, 4) is 0 Å². The van der Waals surface area contributed by atoms with E-state index in [2.05, 4.69) is 23.9 Å². The molecule has 6 heteroatoms. The van der Waals surface area contributed by atoms with Crippen molar-refractivity contribution in [3.05, 3.63) is 29.8 Å². The molecule has 1 aromatic carbocycles. The third kappa shape index (κ3) is 4.81. The molecule has 0 radical (unpaired) electrons. The van der Waals surface area contributed by atoms with E-state index in [0.717, 1.165) is 18.4 Å². The zero-order valence-electron chi connectivity index (χ0n) is 13.1. The fourth-order valence-corrected chi connectivity index (χ4v) is 3.68. The van der Waals surface area contributed by atoms with E-state index >= 15 is 0 Å². The minimum absolute atomic E-state index is 0.0232. The molecule has 0 aromatic heterocycles. The number of piperidine rings is 1. The van der Waals surface area contributed by atoms with Crippen molar-refractivity contribution < 1.29 is 13.2 Å². The van der Waals surface area contributed by atoms with Gasteiger partial charge in [-0.1, -0.05) is 26.0 Å². The highest BCUT2D eigenvalue weighted by Crippen LogP contribution is 2.15. The van der Waals surface area contributed by atoms with Crippen molar-refractivity contribution in [2.45, 2.75) is 50.5 Å². The predicted octanol–water partition coefficient (Wildman–Crippen LogP) is 1.83. The Morgan fingerprint density at radius 2 is 1.95 bits per heavy atom. The van der Waals surface area contributed by atoms with Crippen molar-refractivity contribution >= 4 is 15.9 Å². The number of nitrogens with one attached hydrogen (secondary N) is 2. The topological polar surface area (TPSA) is 75.3 Å². The normalized spacial score (nSPS) is 19.2. The highest BCUT2D eigenvalue weighted by Gasteiger charge is 2.24. The summed E-state index contributed by atoms with van der Waals surface area (Å²) in [5.41, 5.74) is 1.15. The van der Waals surface area contributed by atoms with Crippen LogP contribution in [0.1, 0.15) is 38.7 Å². The van der Waals surface area contributed by atoms with Crippen LogP contribution in [0.3, 0.4) is 0 Å². The van der Waals surface area contributed by atoms with Gasteiger partial charge < -0.3 is 5.32 Å². The lowest BCUT2D eigenvalue weighted by Crippen LogP contribution is -2.47. The summed E-state index contributed by atoms with van der Waals surface area (Å²) >= 11 is 0. The molecule has 0 spiro atoms. The number of carbonyl (C=O) groups is 1. The standard InChI is InChI=1S/C16H24N2O3S/c1-12(2)3-4-13-5-8-15(9-6-13)22(20,21)18-14-7-10-16(19)17-11-14/h5-6,8-9,12,14,18H,3-4,7,10-11H2,1-2H3,(H,17,19)/t14-/m1/s1. The van der Waals surface area contributed by atoms with Crippen LogP contribution in [-0.4, -0.2) is 26.9 Å². The highest BCUT2D eigenvalue weighted by molar-refractivity contribution is 7.89. The van der Waals surface area contributed by atoms with E-state index < -0.39 is 10.0 Å². The number of hydrogen-bond acceptors (Lipinski definition) is 3. The third-order valence-electron chi connectivity index (χ3n) is 3.83. The largest absolute Gasteiger partial charge is 0.355 e. The number of amides is 1. The molecular formula is C16H24N2O3S. The average molecular weight is 324 g/mol. The minimum atomic E-state index is -3.53. The Morgan fingerprint density at radius 3 is 2.50 bits per heavy atom. The maximum absolute atomic E-state index is 12.3. The first kappa shape index (κ1) is 17.0. The van der Waals surface area contributed by atoms with Gasteiger partial charge in [0.1, 0.15) is 0 Å². The Morgan fingerprint density at radius 1 is 1.27 bits per heavy atom. The number of aryl methyl sites for hydroxylation is 1. The van der Waals surface area contributed by atoms with Gasteiger partial charge in [0.05, 0.1) is 4.90 Å². The molecule has 1 heterocycles. The average Bonchev–Trinajstić information content (AvgIpc) is 2.48. The molecule has 1 aliphatic rings. The molecule has 0 aliphatic carbocycles. The van der Waals surface area contributed by atoms with Crippen LogP contribution in [0.15, 0.2) is 29.2 Å². The smallest absolute Gasteiger partial charge is 0.240 e. The summed E-state index contributed by atoms with van der Waals surface area (Å²) in [7, 11) is -3.53. The van der Waals surface area contributed by atoms with Crippen LogP contribution in [0.4, 0.5) is 0 Å². The predicted molar refractivity (Wildman–Crippen MR) is 86.0 cm³/mol. The van der Waals surface area contributed by atoms with Gasteiger partial charge in [-0.3, -0.25) is 4.79 Å². The Kier molecular flexibility index (Phi) is 5.58. The van der Waals surface area contributed by atoms with Gasteiger partial charge >= 0.3 is 0 Å². The second-order valence-corrected chi connectivity index (χ2v) is 7.95. The van der Waals surface area contributed by atoms with Crippen LogP contribution < -0.4 is 10.0 Å².